The van der Waals surface area contributed by atoms with Gasteiger partial charge in [-0.1, -0.05) is 103 Å². The Labute approximate surface area is 270 Å². The Morgan fingerprint density at radius 3 is 2.09 bits per heavy atom. The molecular weight excluding hydrogens is 571 g/mol. The highest BCUT2D eigenvalue weighted by Crippen LogP contribution is 2.49. The van der Waals surface area contributed by atoms with E-state index in [-0.39, 0.29) is 0 Å². The molecule has 0 N–H and O–H groups in total. The molecular formula is C45H27NO. The summed E-state index contributed by atoms with van der Waals surface area (Å²) in [7, 11) is 0. The van der Waals surface area contributed by atoms with Crippen LogP contribution in [-0.2, 0) is 0 Å². The molecule has 2 heteroatoms. The first kappa shape index (κ1) is 25.1. The van der Waals surface area contributed by atoms with Crippen LogP contribution < -0.4 is 0 Å². The molecule has 2 heterocycles. The van der Waals surface area contributed by atoms with Gasteiger partial charge < -0.3 is 8.98 Å². The van der Waals surface area contributed by atoms with Crippen molar-refractivity contribution in [2.24, 2.45) is 0 Å². The SMILES string of the molecule is Cc1ccc2c(c1)c1c3oc4ccccc4c3ccc1n2-c1ccc2cc(-c3ccc4c5c(cccc35)-c3ccccc3-4)ccc2c1. The average Bonchev–Trinajstić information content (AvgIpc) is 3.76. The second-order valence-corrected chi connectivity index (χ2v) is 13.0. The number of aryl methyl sites for hydroxylation is 1. The van der Waals surface area contributed by atoms with E-state index in [1.807, 2.05) is 6.07 Å². The number of hydrogen-bond donors (Lipinski definition) is 0. The van der Waals surface area contributed by atoms with Crippen LogP contribution in [0.4, 0.5) is 0 Å². The molecule has 47 heavy (non-hydrogen) atoms. The van der Waals surface area contributed by atoms with E-state index in [4.69, 9.17) is 4.42 Å². The minimum atomic E-state index is 0.926. The van der Waals surface area contributed by atoms with Gasteiger partial charge in [0, 0.05) is 21.8 Å². The number of benzene rings is 8. The molecule has 2 nitrogen and oxygen atoms in total. The van der Waals surface area contributed by atoms with E-state index in [1.54, 1.807) is 0 Å². The van der Waals surface area contributed by atoms with Crippen molar-refractivity contribution in [3.8, 4) is 39.1 Å². The summed E-state index contributed by atoms with van der Waals surface area (Å²) in [5.74, 6) is 0. The van der Waals surface area contributed by atoms with Gasteiger partial charge in [0.1, 0.15) is 11.2 Å². The van der Waals surface area contributed by atoms with Crippen molar-refractivity contribution in [3.05, 3.63) is 151 Å². The summed E-state index contributed by atoms with van der Waals surface area (Å²) < 4.78 is 8.94. The Kier molecular flexibility index (Phi) is 4.80. The quantitative estimate of drug-likeness (QED) is 0.194. The van der Waals surface area contributed by atoms with Crippen molar-refractivity contribution in [3.63, 3.8) is 0 Å². The van der Waals surface area contributed by atoms with E-state index in [0.717, 1.165) is 33.1 Å². The van der Waals surface area contributed by atoms with Gasteiger partial charge in [-0.05, 0) is 110 Å². The third kappa shape index (κ3) is 3.34. The van der Waals surface area contributed by atoms with E-state index in [9.17, 15) is 0 Å². The topological polar surface area (TPSA) is 18.1 Å². The van der Waals surface area contributed by atoms with Gasteiger partial charge in [0.05, 0.1) is 16.4 Å². The Morgan fingerprint density at radius 2 is 1.17 bits per heavy atom. The van der Waals surface area contributed by atoms with Gasteiger partial charge in [-0.3, -0.25) is 0 Å². The second-order valence-electron chi connectivity index (χ2n) is 13.0. The Hall–Kier alpha value is -6.12. The van der Waals surface area contributed by atoms with Gasteiger partial charge in [0.15, 0.2) is 0 Å². The maximum absolute atomic E-state index is 6.54. The fourth-order valence-corrected chi connectivity index (χ4v) is 8.28. The highest BCUT2D eigenvalue weighted by Gasteiger charge is 2.23. The van der Waals surface area contributed by atoms with Gasteiger partial charge >= 0.3 is 0 Å². The predicted octanol–water partition coefficient (Wildman–Crippen LogP) is 12.6. The van der Waals surface area contributed by atoms with E-state index in [0.29, 0.717) is 0 Å². The summed E-state index contributed by atoms with van der Waals surface area (Å²) in [6.07, 6.45) is 0. The molecule has 0 amide bonds. The second kappa shape index (κ2) is 8.99. The molecule has 0 bridgehead atoms. The van der Waals surface area contributed by atoms with Crippen LogP contribution >= 0.6 is 0 Å². The fourth-order valence-electron chi connectivity index (χ4n) is 8.28. The van der Waals surface area contributed by atoms with Crippen molar-refractivity contribution in [1.82, 2.24) is 4.57 Å². The van der Waals surface area contributed by atoms with Crippen LogP contribution in [0.25, 0.3) is 104 Å². The molecule has 2 aromatic heterocycles. The number of para-hydroxylation sites is 1. The zero-order valence-corrected chi connectivity index (χ0v) is 25.7. The van der Waals surface area contributed by atoms with Crippen LogP contribution in [0.2, 0.25) is 0 Å². The standard InChI is InChI=1S/C45H27NO/c1-26-13-21-40-39(23-26)44-41(22-20-38-34-9-4-5-12-42(34)47-45(38)44)46(40)30-17-16-27-24-29(15-14-28(27)25-30)31-18-19-37-33-8-3-2-7-32(33)36-11-6-10-35(31)43(36)37/h2-25H,1H3. The highest BCUT2D eigenvalue weighted by molar-refractivity contribution is 6.24. The Bertz CT molecular complexity index is 2940. The van der Waals surface area contributed by atoms with Crippen LogP contribution in [0.5, 0.6) is 0 Å². The van der Waals surface area contributed by atoms with Crippen LogP contribution in [0.15, 0.2) is 150 Å². The summed E-state index contributed by atoms with van der Waals surface area (Å²) in [4.78, 5) is 0. The minimum Gasteiger partial charge on any atom is -0.455 e. The molecule has 0 spiro atoms. The first-order valence-corrected chi connectivity index (χ1v) is 16.3. The Balaban J connectivity index is 1.10. The lowest BCUT2D eigenvalue weighted by molar-refractivity contribution is 0.673. The van der Waals surface area contributed by atoms with Crippen molar-refractivity contribution >= 4 is 65.3 Å². The van der Waals surface area contributed by atoms with Crippen LogP contribution in [0.3, 0.4) is 0 Å². The van der Waals surface area contributed by atoms with Crippen molar-refractivity contribution in [2.45, 2.75) is 6.92 Å². The predicted molar refractivity (Wildman–Crippen MR) is 198 cm³/mol. The molecule has 0 fully saturated rings. The molecule has 1 aliphatic rings. The van der Waals surface area contributed by atoms with Crippen LogP contribution in [0, 0.1) is 6.92 Å². The van der Waals surface area contributed by atoms with E-state index >= 15 is 0 Å². The van der Waals surface area contributed by atoms with Gasteiger partial charge in [-0.2, -0.15) is 0 Å². The van der Waals surface area contributed by atoms with Gasteiger partial charge in [0.25, 0.3) is 0 Å². The molecule has 0 saturated heterocycles. The fraction of sp³-hybridized carbons (Fsp3) is 0.0222. The molecule has 218 valence electrons. The number of hydrogen-bond acceptors (Lipinski definition) is 1. The molecule has 0 radical (unpaired) electrons. The zero-order chi connectivity index (χ0) is 30.8. The summed E-state index contributed by atoms with van der Waals surface area (Å²) in [6, 6.07) is 53.5. The Morgan fingerprint density at radius 1 is 0.447 bits per heavy atom. The van der Waals surface area contributed by atoms with Gasteiger partial charge in [-0.15, -0.1) is 0 Å². The van der Waals surface area contributed by atoms with E-state index in [1.165, 1.54) is 76.8 Å². The lowest BCUT2D eigenvalue weighted by Crippen LogP contribution is -1.94. The van der Waals surface area contributed by atoms with Crippen molar-refractivity contribution < 1.29 is 4.42 Å². The summed E-state index contributed by atoms with van der Waals surface area (Å²) >= 11 is 0. The lowest BCUT2D eigenvalue weighted by atomic mass is 9.93. The number of furan rings is 1. The first-order chi connectivity index (χ1) is 23.2. The van der Waals surface area contributed by atoms with Crippen LogP contribution in [-0.4, -0.2) is 4.57 Å². The van der Waals surface area contributed by atoms with E-state index in [2.05, 4.69) is 151 Å². The van der Waals surface area contributed by atoms with E-state index < -0.39 is 0 Å². The molecule has 1 aliphatic carbocycles. The normalized spacial score (nSPS) is 12.4. The molecule has 8 aromatic carbocycles. The number of aromatic nitrogens is 1. The number of rotatable bonds is 2. The average molecular weight is 598 g/mol. The maximum atomic E-state index is 6.54. The minimum absolute atomic E-state index is 0.926. The van der Waals surface area contributed by atoms with Gasteiger partial charge in [0.2, 0.25) is 0 Å². The molecule has 0 atom stereocenters. The monoisotopic (exact) mass is 597 g/mol. The summed E-state index contributed by atoms with van der Waals surface area (Å²) in [6.45, 7) is 2.16. The van der Waals surface area contributed by atoms with Crippen molar-refractivity contribution in [2.75, 3.05) is 0 Å². The third-order valence-electron chi connectivity index (χ3n) is 10.4. The lowest BCUT2D eigenvalue weighted by Gasteiger charge is -2.12. The largest absolute Gasteiger partial charge is 0.455 e. The molecule has 11 rings (SSSR count). The number of fused-ring (bicyclic) bond motifs is 11. The highest BCUT2D eigenvalue weighted by atomic mass is 16.3. The third-order valence-corrected chi connectivity index (χ3v) is 10.4. The number of nitrogens with zero attached hydrogens (tertiary/aromatic N) is 1. The zero-order valence-electron chi connectivity index (χ0n) is 25.7. The first-order valence-electron chi connectivity index (χ1n) is 16.3. The van der Waals surface area contributed by atoms with Crippen molar-refractivity contribution in [1.29, 1.82) is 0 Å². The molecule has 10 aromatic rings. The smallest absolute Gasteiger partial charge is 0.145 e. The molecule has 0 aliphatic heterocycles. The summed E-state index contributed by atoms with van der Waals surface area (Å²) in [5.41, 5.74) is 14.5. The molecule has 0 unspecified atom stereocenters. The van der Waals surface area contributed by atoms with Gasteiger partial charge in [-0.25, -0.2) is 0 Å². The molecule has 0 saturated carbocycles. The maximum Gasteiger partial charge on any atom is 0.145 e. The van der Waals surface area contributed by atoms with Crippen LogP contribution in [0.1, 0.15) is 5.56 Å². The summed E-state index contributed by atoms with van der Waals surface area (Å²) in [5, 5.41) is 9.82.